The normalized spacial score (nSPS) is 13.2. The fraction of sp³-hybridized carbons (Fsp3) is 0.333. The van der Waals surface area contributed by atoms with Crippen LogP contribution in [0.3, 0.4) is 0 Å². The molecule has 2 aromatic rings. The summed E-state index contributed by atoms with van der Waals surface area (Å²) in [7, 11) is 0. The highest BCUT2D eigenvalue weighted by atomic mass is 32.1. The molecule has 0 aliphatic rings. The van der Waals surface area contributed by atoms with E-state index in [9.17, 15) is 5.11 Å². The molecule has 0 amide bonds. The summed E-state index contributed by atoms with van der Waals surface area (Å²) < 4.78 is 0. The lowest BCUT2D eigenvalue weighted by Gasteiger charge is -2.24. The van der Waals surface area contributed by atoms with E-state index in [1.54, 1.807) is 0 Å². The smallest absolute Gasteiger partial charge is 0.122 e. The maximum Gasteiger partial charge on any atom is 0.122 e. The third-order valence-electron chi connectivity index (χ3n) is 3.56. The fourth-order valence-electron chi connectivity index (χ4n) is 2.36. The minimum absolute atomic E-state index is 0.0246. The molecule has 0 spiro atoms. The van der Waals surface area contributed by atoms with Crippen molar-refractivity contribution in [1.82, 2.24) is 0 Å². The number of aromatic hydroxyl groups is 1. The Morgan fingerprint density at radius 2 is 1.60 bits per heavy atom. The topological polar surface area (TPSA) is 20.2 Å². The van der Waals surface area contributed by atoms with Gasteiger partial charge in [0, 0.05) is 0 Å². The van der Waals surface area contributed by atoms with Gasteiger partial charge in [0.05, 0.1) is 5.25 Å². The van der Waals surface area contributed by atoms with Crippen molar-refractivity contribution in [1.29, 1.82) is 0 Å². The van der Waals surface area contributed by atoms with Crippen LogP contribution >= 0.6 is 12.6 Å². The number of hydrogen-bond donors (Lipinski definition) is 2. The first kappa shape index (κ1) is 15.0. The Morgan fingerprint density at radius 3 is 2.15 bits per heavy atom. The summed E-state index contributed by atoms with van der Waals surface area (Å²) >= 11 is 4.75. The Labute approximate surface area is 127 Å². The molecule has 20 heavy (non-hydrogen) atoms. The van der Waals surface area contributed by atoms with E-state index in [1.807, 2.05) is 31.2 Å². The number of rotatable bonds is 2. The van der Waals surface area contributed by atoms with Crippen LogP contribution in [-0.2, 0) is 5.41 Å². The van der Waals surface area contributed by atoms with Gasteiger partial charge in [-0.25, -0.2) is 0 Å². The second kappa shape index (κ2) is 5.53. The third kappa shape index (κ3) is 3.01. The second-order valence-electron chi connectivity index (χ2n) is 6.30. The highest BCUT2D eigenvalue weighted by molar-refractivity contribution is 7.80. The molecule has 0 radical (unpaired) electrons. The standard InChI is InChI=1S/C18H22OS/c1-12-10-14(11-15(16(12)19)18(2,3)4)17(20)13-8-6-5-7-9-13/h5-11,17,19-20H,1-4H3. The van der Waals surface area contributed by atoms with Crippen LogP contribution in [0.25, 0.3) is 0 Å². The van der Waals surface area contributed by atoms with Gasteiger partial charge in [-0.15, -0.1) is 0 Å². The molecule has 0 aliphatic heterocycles. The molecule has 1 atom stereocenters. The highest BCUT2D eigenvalue weighted by Gasteiger charge is 2.22. The lowest BCUT2D eigenvalue weighted by atomic mass is 9.83. The van der Waals surface area contributed by atoms with Crippen molar-refractivity contribution < 1.29 is 5.11 Å². The van der Waals surface area contributed by atoms with E-state index >= 15 is 0 Å². The van der Waals surface area contributed by atoms with Crippen LogP contribution in [0.5, 0.6) is 5.75 Å². The predicted octanol–water partition coefficient (Wildman–Crippen LogP) is 5.02. The van der Waals surface area contributed by atoms with Gasteiger partial charge in [-0.1, -0.05) is 63.2 Å². The summed E-state index contributed by atoms with van der Waals surface area (Å²) in [5.41, 5.74) is 4.08. The van der Waals surface area contributed by atoms with Crippen molar-refractivity contribution in [3.05, 3.63) is 64.7 Å². The first-order valence-corrected chi connectivity index (χ1v) is 7.39. The molecule has 0 fully saturated rings. The molecule has 0 bridgehead atoms. The summed E-state index contributed by atoms with van der Waals surface area (Å²) in [5.74, 6) is 0.398. The van der Waals surface area contributed by atoms with Crippen molar-refractivity contribution in [3.8, 4) is 5.75 Å². The van der Waals surface area contributed by atoms with Gasteiger partial charge in [-0.2, -0.15) is 12.6 Å². The summed E-state index contributed by atoms with van der Waals surface area (Å²) in [6.45, 7) is 8.28. The zero-order chi connectivity index (χ0) is 14.9. The van der Waals surface area contributed by atoms with Gasteiger partial charge in [0.15, 0.2) is 0 Å². The van der Waals surface area contributed by atoms with Crippen LogP contribution in [-0.4, -0.2) is 5.11 Å². The summed E-state index contributed by atoms with van der Waals surface area (Å²) in [5, 5.41) is 10.3. The molecule has 0 saturated carbocycles. The maximum atomic E-state index is 10.3. The van der Waals surface area contributed by atoms with E-state index in [0.29, 0.717) is 5.75 Å². The van der Waals surface area contributed by atoms with Crippen LogP contribution in [0.2, 0.25) is 0 Å². The minimum Gasteiger partial charge on any atom is -0.507 e. The molecule has 2 aromatic carbocycles. The van der Waals surface area contributed by atoms with E-state index in [2.05, 4.69) is 39.0 Å². The monoisotopic (exact) mass is 286 g/mol. The van der Waals surface area contributed by atoms with E-state index < -0.39 is 0 Å². The molecule has 106 valence electrons. The number of phenols is 1. The molecule has 0 heterocycles. The van der Waals surface area contributed by atoms with Crippen molar-refractivity contribution >= 4 is 12.6 Å². The fourth-order valence-corrected chi connectivity index (χ4v) is 2.69. The summed E-state index contributed by atoms with van der Waals surface area (Å²) in [4.78, 5) is 0. The van der Waals surface area contributed by atoms with Crippen molar-refractivity contribution in [2.24, 2.45) is 0 Å². The summed E-state index contributed by atoms with van der Waals surface area (Å²) in [6.07, 6.45) is 0. The van der Waals surface area contributed by atoms with Gasteiger partial charge in [0.2, 0.25) is 0 Å². The van der Waals surface area contributed by atoms with E-state index in [1.165, 1.54) is 5.56 Å². The van der Waals surface area contributed by atoms with Crippen LogP contribution in [0.1, 0.15) is 48.3 Å². The van der Waals surface area contributed by atoms with Crippen LogP contribution in [0.4, 0.5) is 0 Å². The molecule has 2 rings (SSSR count). The van der Waals surface area contributed by atoms with Gasteiger partial charge in [0.25, 0.3) is 0 Å². The Balaban J connectivity index is 2.51. The largest absolute Gasteiger partial charge is 0.507 e. The molecule has 0 saturated heterocycles. The molecular weight excluding hydrogens is 264 g/mol. The molecule has 1 unspecified atom stereocenters. The van der Waals surface area contributed by atoms with Crippen molar-refractivity contribution in [3.63, 3.8) is 0 Å². The molecule has 0 aliphatic carbocycles. The van der Waals surface area contributed by atoms with Gasteiger partial charge < -0.3 is 5.11 Å². The number of aryl methyl sites for hydroxylation is 1. The second-order valence-corrected chi connectivity index (χ2v) is 6.81. The molecular formula is C18H22OS. The lowest BCUT2D eigenvalue weighted by Crippen LogP contribution is -2.13. The first-order chi connectivity index (χ1) is 9.30. The van der Waals surface area contributed by atoms with Crippen LogP contribution in [0, 0.1) is 6.92 Å². The summed E-state index contributed by atoms with van der Waals surface area (Å²) in [6, 6.07) is 14.3. The highest BCUT2D eigenvalue weighted by Crippen LogP contribution is 2.38. The average Bonchev–Trinajstić information content (AvgIpc) is 2.40. The van der Waals surface area contributed by atoms with Crippen molar-refractivity contribution in [2.75, 3.05) is 0 Å². The zero-order valence-electron chi connectivity index (χ0n) is 12.5. The SMILES string of the molecule is Cc1cc(C(S)c2ccccc2)cc(C(C)(C)C)c1O. The van der Waals surface area contributed by atoms with Gasteiger partial charge in [0.1, 0.15) is 5.75 Å². The van der Waals surface area contributed by atoms with Crippen LogP contribution in [0.15, 0.2) is 42.5 Å². The van der Waals surface area contributed by atoms with E-state index in [-0.39, 0.29) is 10.7 Å². The van der Waals surface area contributed by atoms with Gasteiger partial charge in [-0.3, -0.25) is 0 Å². The van der Waals surface area contributed by atoms with Crippen LogP contribution < -0.4 is 0 Å². The first-order valence-electron chi connectivity index (χ1n) is 6.87. The molecule has 1 N–H and O–H groups in total. The lowest BCUT2D eigenvalue weighted by molar-refractivity contribution is 0.442. The Bertz CT molecular complexity index is 597. The Kier molecular flexibility index (Phi) is 4.14. The minimum atomic E-state index is -0.0883. The number of benzene rings is 2. The van der Waals surface area contributed by atoms with Gasteiger partial charge >= 0.3 is 0 Å². The Hall–Kier alpha value is -1.41. The number of phenolic OH excluding ortho intramolecular Hbond substituents is 1. The number of thiol groups is 1. The van der Waals surface area contributed by atoms with E-state index in [0.717, 1.165) is 16.7 Å². The Morgan fingerprint density at radius 1 is 1.00 bits per heavy atom. The third-order valence-corrected chi connectivity index (χ3v) is 4.16. The molecule has 0 aromatic heterocycles. The molecule has 1 nitrogen and oxygen atoms in total. The average molecular weight is 286 g/mol. The number of hydrogen-bond acceptors (Lipinski definition) is 2. The maximum absolute atomic E-state index is 10.3. The quantitative estimate of drug-likeness (QED) is 0.743. The zero-order valence-corrected chi connectivity index (χ0v) is 13.4. The van der Waals surface area contributed by atoms with Gasteiger partial charge in [-0.05, 0) is 34.6 Å². The van der Waals surface area contributed by atoms with E-state index in [4.69, 9.17) is 12.6 Å². The predicted molar refractivity (Wildman–Crippen MR) is 88.8 cm³/mol. The van der Waals surface area contributed by atoms with Crippen molar-refractivity contribution in [2.45, 2.75) is 38.4 Å². The molecule has 2 heteroatoms.